The summed E-state index contributed by atoms with van der Waals surface area (Å²) in [5.41, 5.74) is 3.30. The van der Waals surface area contributed by atoms with E-state index < -0.39 is 6.04 Å². The van der Waals surface area contributed by atoms with E-state index in [1.165, 1.54) is 0 Å². The number of ether oxygens (including phenoxy) is 1. The lowest BCUT2D eigenvalue weighted by Crippen LogP contribution is -2.29. The van der Waals surface area contributed by atoms with Crippen molar-refractivity contribution in [3.05, 3.63) is 105 Å². The molecule has 5 rings (SSSR count). The molecule has 1 aliphatic rings. The first-order valence-electron chi connectivity index (χ1n) is 11.6. The maximum absolute atomic E-state index is 13.7. The summed E-state index contributed by atoms with van der Waals surface area (Å²) in [5, 5.41) is 0.485. The molecule has 0 saturated heterocycles. The van der Waals surface area contributed by atoms with Crippen LogP contribution in [-0.4, -0.2) is 22.4 Å². The summed E-state index contributed by atoms with van der Waals surface area (Å²) in [4.78, 5) is 33.1. The average Bonchev–Trinajstić information content (AvgIpc) is 3.12. The second-order valence-corrected chi connectivity index (χ2v) is 8.64. The van der Waals surface area contributed by atoms with E-state index >= 15 is 0 Å². The highest BCUT2D eigenvalue weighted by atomic mass is 16.5. The van der Waals surface area contributed by atoms with E-state index in [9.17, 15) is 9.59 Å². The zero-order chi connectivity index (χ0) is 23.7. The molecule has 3 heterocycles. The van der Waals surface area contributed by atoms with Gasteiger partial charge in [-0.1, -0.05) is 43.2 Å². The molecular weight excluding hydrogens is 428 g/mol. The number of rotatable bonds is 7. The molecule has 1 unspecified atom stereocenters. The zero-order valence-corrected chi connectivity index (χ0v) is 19.3. The minimum Gasteiger partial charge on any atom is -0.494 e. The van der Waals surface area contributed by atoms with E-state index in [4.69, 9.17) is 9.15 Å². The first-order valence-corrected chi connectivity index (χ1v) is 11.6. The van der Waals surface area contributed by atoms with E-state index in [0.717, 1.165) is 35.3 Å². The van der Waals surface area contributed by atoms with E-state index in [-0.39, 0.29) is 17.1 Å². The van der Waals surface area contributed by atoms with E-state index in [2.05, 4.69) is 11.9 Å². The molecule has 1 aliphatic heterocycles. The Labute approximate surface area is 197 Å². The standard InChI is InChI=1S/C28H26N2O4/c1-3-4-14-33-21-10-8-20(9-11-21)25-24-26(31)22-15-18(2)7-12-23(22)34-27(24)28(32)30(25)17-19-6-5-13-29-16-19/h5-13,15-16,25H,3-4,14,17H2,1-2H3. The van der Waals surface area contributed by atoms with Crippen molar-refractivity contribution < 1.29 is 13.9 Å². The Bertz CT molecular complexity index is 1390. The van der Waals surface area contributed by atoms with Gasteiger partial charge in [0.1, 0.15) is 11.3 Å². The predicted octanol–water partition coefficient (Wildman–Crippen LogP) is 5.42. The van der Waals surface area contributed by atoms with Gasteiger partial charge in [-0.2, -0.15) is 0 Å². The quantitative estimate of drug-likeness (QED) is 0.349. The van der Waals surface area contributed by atoms with Gasteiger partial charge in [-0.25, -0.2) is 0 Å². The topological polar surface area (TPSA) is 72.6 Å². The zero-order valence-electron chi connectivity index (χ0n) is 19.3. The van der Waals surface area contributed by atoms with Gasteiger partial charge in [0, 0.05) is 18.9 Å². The smallest absolute Gasteiger partial charge is 0.291 e. The minimum atomic E-state index is -0.562. The average molecular weight is 455 g/mol. The summed E-state index contributed by atoms with van der Waals surface area (Å²) in [6.07, 6.45) is 5.47. The molecule has 0 bridgehead atoms. The van der Waals surface area contributed by atoms with Gasteiger partial charge in [-0.15, -0.1) is 0 Å². The first-order chi connectivity index (χ1) is 16.6. The first kappa shape index (κ1) is 21.9. The lowest BCUT2D eigenvalue weighted by molar-refractivity contribution is 0.0714. The van der Waals surface area contributed by atoms with Crippen LogP contribution in [0.15, 0.2) is 76.2 Å². The van der Waals surface area contributed by atoms with Gasteiger partial charge in [0.2, 0.25) is 5.76 Å². The molecule has 0 N–H and O–H groups in total. The lowest BCUT2D eigenvalue weighted by Gasteiger charge is -2.25. The summed E-state index contributed by atoms with van der Waals surface area (Å²) in [5.74, 6) is 0.576. The van der Waals surface area contributed by atoms with Crippen molar-refractivity contribution in [2.75, 3.05) is 6.61 Å². The number of fused-ring (bicyclic) bond motifs is 2. The van der Waals surface area contributed by atoms with Gasteiger partial charge in [0.05, 0.1) is 23.6 Å². The summed E-state index contributed by atoms with van der Waals surface area (Å²) >= 11 is 0. The maximum Gasteiger partial charge on any atom is 0.291 e. The Morgan fingerprint density at radius 3 is 2.65 bits per heavy atom. The Morgan fingerprint density at radius 1 is 1.09 bits per heavy atom. The molecule has 0 spiro atoms. The molecule has 4 aromatic rings. The number of pyridine rings is 1. The van der Waals surface area contributed by atoms with E-state index in [0.29, 0.717) is 29.7 Å². The van der Waals surface area contributed by atoms with Crippen LogP contribution in [0.1, 0.15) is 58.6 Å². The van der Waals surface area contributed by atoms with Crippen molar-refractivity contribution in [2.24, 2.45) is 0 Å². The van der Waals surface area contributed by atoms with Crippen LogP contribution in [0, 0.1) is 6.92 Å². The third-order valence-corrected chi connectivity index (χ3v) is 6.16. The van der Waals surface area contributed by atoms with Crippen LogP contribution in [0.4, 0.5) is 0 Å². The van der Waals surface area contributed by atoms with Gasteiger partial charge in [-0.3, -0.25) is 14.6 Å². The number of carbonyl (C=O) groups is 1. The molecule has 2 aromatic carbocycles. The number of amides is 1. The summed E-state index contributed by atoms with van der Waals surface area (Å²) < 4.78 is 11.8. The Balaban J connectivity index is 1.62. The molecule has 0 aliphatic carbocycles. The number of aromatic nitrogens is 1. The molecule has 2 aromatic heterocycles. The van der Waals surface area contributed by atoms with Gasteiger partial charge >= 0.3 is 0 Å². The SMILES string of the molecule is CCCCOc1ccc(C2c3c(oc4ccc(C)cc4c3=O)C(=O)N2Cc2cccnc2)cc1. The van der Waals surface area contributed by atoms with Crippen LogP contribution in [0.3, 0.4) is 0 Å². The molecule has 6 heteroatoms. The number of nitrogens with zero attached hydrogens (tertiary/aromatic N) is 2. The molecular formula is C28H26N2O4. The van der Waals surface area contributed by atoms with Crippen molar-refractivity contribution in [3.8, 4) is 5.75 Å². The molecule has 0 saturated carbocycles. The summed E-state index contributed by atoms with van der Waals surface area (Å²) in [6.45, 7) is 5.02. The van der Waals surface area contributed by atoms with Crippen LogP contribution in [-0.2, 0) is 6.54 Å². The number of benzene rings is 2. The largest absolute Gasteiger partial charge is 0.494 e. The van der Waals surface area contributed by atoms with Gasteiger partial charge < -0.3 is 14.1 Å². The molecule has 1 atom stereocenters. The van der Waals surface area contributed by atoms with Crippen LogP contribution in [0.2, 0.25) is 0 Å². The second kappa shape index (κ2) is 9.14. The Kier molecular flexibility index (Phi) is 5.88. The van der Waals surface area contributed by atoms with Crippen LogP contribution in [0.25, 0.3) is 11.0 Å². The molecule has 172 valence electrons. The van der Waals surface area contributed by atoms with Crippen LogP contribution in [0.5, 0.6) is 5.75 Å². The number of carbonyl (C=O) groups excluding carboxylic acids is 1. The highest BCUT2D eigenvalue weighted by Gasteiger charge is 2.42. The molecule has 0 radical (unpaired) electrons. The predicted molar refractivity (Wildman–Crippen MR) is 130 cm³/mol. The van der Waals surface area contributed by atoms with E-state index in [1.54, 1.807) is 23.4 Å². The monoisotopic (exact) mass is 454 g/mol. The fourth-order valence-electron chi connectivity index (χ4n) is 4.41. The molecule has 6 nitrogen and oxygen atoms in total. The fourth-order valence-corrected chi connectivity index (χ4v) is 4.41. The highest BCUT2D eigenvalue weighted by Crippen LogP contribution is 2.39. The Morgan fingerprint density at radius 2 is 1.91 bits per heavy atom. The van der Waals surface area contributed by atoms with Gasteiger partial charge in [0.25, 0.3) is 5.91 Å². The van der Waals surface area contributed by atoms with Crippen molar-refractivity contribution in [2.45, 2.75) is 39.3 Å². The summed E-state index contributed by atoms with van der Waals surface area (Å²) in [7, 11) is 0. The number of unbranched alkanes of at least 4 members (excludes halogenated alkanes) is 1. The Hall–Kier alpha value is -3.93. The van der Waals surface area contributed by atoms with Crippen LogP contribution < -0.4 is 10.2 Å². The van der Waals surface area contributed by atoms with Crippen molar-refractivity contribution in [3.63, 3.8) is 0 Å². The lowest BCUT2D eigenvalue weighted by atomic mass is 9.98. The van der Waals surface area contributed by atoms with Crippen molar-refractivity contribution in [1.29, 1.82) is 0 Å². The highest BCUT2D eigenvalue weighted by molar-refractivity contribution is 5.99. The van der Waals surface area contributed by atoms with Crippen LogP contribution >= 0.6 is 0 Å². The normalized spacial score (nSPS) is 15.1. The van der Waals surface area contributed by atoms with Gasteiger partial charge in [-0.05, 0) is 54.8 Å². The molecule has 34 heavy (non-hydrogen) atoms. The third-order valence-electron chi connectivity index (χ3n) is 6.16. The number of hydrogen-bond donors (Lipinski definition) is 0. The number of aryl methyl sites for hydroxylation is 1. The van der Waals surface area contributed by atoms with Crippen molar-refractivity contribution in [1.82, 2.24) is 9.88 Å². The molecule has 1 amide bonds. The molecule has 0 fully saturated rings. The van der Waals surface area contributed by atoms with Gasteiger partial charge in [0.15, 0.2) is 5.43 Å². The van der Waals surface area contributed by atoms with E-state index in [1.807, 2.05) is 55.5 Å². The maximum atomic E-state index is 13.7. The summed E-state index contributed by atoms with van der Waals surface area (Å²) in [6, 6.07) is 16.3. The number of hydrogen-bond acceptors (Lipinski definition) is 5. The van der Waals surface area contributed by atoms with Crippen molar-refractivity contribution >= 4 is 16.9 Å². The third kappa shape index (κ3) is 3.96. The second-order valence-electron chi connectivity index (χ2n) is 8.64. The fraction of sp³-hybridized carbons (Fsp3) is 0.250. The minimum absolute atomic E-state index is 0.110.